The van der Waals surface area contributed by atoms with Crippen LogP contribution in [0.25, 0.3) is 10.9 Å². The largest absolute Gasteiger partial charge is 0.276 e. The van der Waals surface area contributed by atoms with E-state index in [2.05, 4.69) is 15.5 Å². The standard InChI is InChI=1S/C16H12ClN3/c17-14-7-1-4-12(10-14)11-19-20-15-8-2-5-13-6-3-9-18-16(13)15/h1-11,20H. The molecule has 0 unspecified atom stereocenters. The second-order valence-corrected chi connectivity index (χ2v) is 4.74. The van der Waals surface area contributed by atoms with Gasteiger partial charge in [-0.1, -0.05) is 41.9 Å². The predicted octanol–water partition coefficient (Wildman–Crippen LogP) is 4.33. The molecule has 0 atom stereocenters. The maximum atomic E-state index is 5.93. The molecule has 2 aromatic carbocycles. The van der Waals surface area contributed by atoms with Gasteiger partial charge in [0.1, 0.15) is 0 Å². The zero-order valence-corrected chi connectivity index (χ0v) is 11.4. The average Bonchev–Trinajstić information content (AvgIpc) is 2.48. The van der Waals surface area contributed by atoms with E-state index in [1.165, 1.54) is 0 Å². The third-order valence-corrected chi connectivity index (χ3v) is 3.12. The smallest absolute Gasteiger partial charge is 0.0951 e. The first-order chi connectivity index (χ1) is 9.83. The molecule has 1 N–H and O–H groups in total. The lowest BCUT2D eigenvalue weighted by atomic mass is 10.2. The molecule has 20 heavy (non-hydrogen) atoms. The highest BCUT2D eigenvalue weighted by atomic mass is 35.5. The van der Waals surface area contributed by atoms with E-state index in [1.54, 1.807) is 12.4 Å². The average molecular weight is 282 g/mol. The highest BCUT2D eigenvalue weighted by molar-refractivity contribution is 6.30. The van der Waals surface area contributed by atoms with E-state index < -0.39 is 0 Å². The van der Waals surface area contributed by atoms with Gasteiger partial charge in [-0.3, -0.25) is 10.4 Å². The van der Waals surface area contributed by atoms with Crippen LogP contribution in [0.3, 0.4) is 0 Å². The van der Waals surface area contributed by atoms with Crippen molar-refractivity contribution in [2.75, 3.05) is 5.43 Å². The molecule has 0 saturated heterocycles. The lowest BCUT2D eigenvalue weighted by Crippen LogP contribution is -1.92. The van der Waals surface area contributed by atoms with Gasteiger partial charge in [-0.05, 0) is 29.8 Å². The highest BCUT2D eigenvalue weighted by Crippen LogP contribution is 2.20. The Morgan fingerprint density at radius 2 is 1.90 bits per heavy atom. The van der Waals surface area contributed by atoms with Crippen LogP contribution in [-0.2, 0) is 0 Å². The molecule has 0 radical (unpaired) electrons. The number of anilines is 1. The molecule has 0 spiro atoms. The molecule has 98 valence electrons. The molecule has 1 aromatic heterocycles. The van der Waals surface area contributed by atoms with Crippen LogP contribution in [0, 0.1) is 0 Å². The zero-order chi connectivity index (χ0) is 13.8. The molecule has 0 aliphatic heterocycles. The monoisotopic (exact) mass is 281 g/mol. The Kier molecular flexibility index (Phi) is 3.61. The van der Waals surface area contributed by atoms with Gasteiger partial charge in [0.25, 0.3) is 0 Å². The Morgan fingerprint density at radius 1 is 1.05 bits per heavy atom. The SMILES string of the molecule is Clc1cccc(C=NNc2cccc3cccnc23)c1. The number of nitrogens with zero attached hydrogens (tertiary/aromatic N) is 2. The summed E-state index contributed by atoms with van der Waals surface area (Å²) < 4.78 is 0. The van der Waals surface area contributed by atoms with Crippen molar-refractivity contribution < 1.29 is 0 Å². The summed E-state index contributed by atoms with van der Waals surface area (Å²) in [5, 5.41) is 6.00. The van der Waals surface area contributed by atoms with Gasteiger partial charge >= 0.3 is 0 Å². The summed E-state index contributed by atoms with van der Waals surface area (Å²) in [5.41, 5.74) is 5.74. The van der Waals surface area contributed by atoms with Crippen LogP contribution >= 0.6 is 11.6 Å². The van der Waals surface area contributed by atoms with Gasteiger partial charge in [0, 0.05) is 16.6 Å². The molecule has 3 rings (SSSR count). The molecule has 0 saturated carbocycles. The molecule has 0 aliphatic rings. The molecule has 1 heterocycles. The first-order valence-electron chi connectivity index (χ1n) is 6.21. The predicted molar refractivity (Wildman–Crippen MR) is 84.4 cm³/mol. The minimum atomic E-state index is 0.695. The Bertz CT molecular complexity index is 763. The number of fused-ring (bicyclic) bond motifs is 1. The number of nitrogens with one attached hydrogen (secondary N) is 1. The Balaban J connectivity index is 1.84. The Labute approximate surface area is 121 Å². The zero-order valence-electron chi connectivity index (χ0n) is 10.6. The van der Waals surface area contributed by atoms with Gasteiger partial charge in [-0.2, -0.15) is 5.10 Å². The van der Waals surface area contributed by atoms with Gasteiger partial charge in [0.05, 0.1) is 17.4 Å². The molecule has 4 heteroatoms. The van der Waals surface area contributed by atoms with Crippen LogP contribution in [0.2, 0.25) is 5.02 Å². The van der Waals surface area contributed by atoms with E-state index in [4.69, 9.17) is 11.6 Å². The number of pyridine rings is 1. The molecule has 3 aromatic rings. The first kappa shape index (κ1) is 12.6. The number of rotatable bonds is 3. The van der Waals surface area contributed by atoms with Gasteiger partial charge in [0.2, 0.25) is 0 Å². The molecule has 3 nitrogen and oxygen atoms in total. The summed E-state index contributed by atoms with van der Waals surface area (Å²) >= 11 is 5.93. The normalized spacial score (nSPS) is 11.1. The van der Waals surface area contributed by atoms with Crippen molar-refractivity contribution >= 4 is 34.4 Å². The summed E-state index contributed by atoms with van der Waals surface area (Å²) in [6, 6.07) is 17.4. The van der Waals surface area contributed by atoms with Crippen LogP contribution < -0.4 is 5.43 Å². The van der Waals surface area contributed by atoms with Crippen molar-refractivity contribution in [3.05, 3.63) is 71.4 Å². The number of hydrogen-bond donors (Lipinski definition) is 1. The highest BCUT2D eigenvalue weighted by Gasteiger charge is 1.99. The minimum absolute atomic E-state index is 0.695. The van der Waals surface area contributed by atoms with E-state index in [0.717, 1.165) is 22.2 Å². The quantitative estimate of drug-likeness (QED) is 0.573. The summed E-state index contributed by atoms with van der Waals surface area (Å²) in [4.78, 5) is 4.36. The van der Waals surface area contributed by atoms with E-state index in [9.17, 15) is 0 Å². The van der Waals surface area contributed by atoms with Gasteiger partial charge < -0.3 is 0 Å². The van der Waals surface area contributed by atoms with Crippen LogP contribution in [-0.4, -0.2) is 11.2 Å². The Morgan fingerprint density at radius 3 is 2.80 bits per heavy atom. The molecule has 0 fully saturated rings. The second kappa shape index (κ2) is 5.72. The fourth-order valence-electron chi connectivity index (χ4n) is 1.96. The minimum Gasteiger partial charge on any atom is -0.276 e. The van der Waals surface area contributed by atoms with Crippen LogP contribution in [0.1, 0.15) is 5.56 Å². The molecule has 0 amide bonds. The number of benzene rings is 2. The molecular formula is C16H12ClN3. The van der Waals surface area contributed by atoms with Gasteiger partial charge in [-0.15, -0.1) is 0 Å². The van der Waals surface area contributed by atoms with E-state index in [-0.39, 0.29) is 0 Å². The fraction of sp³-hybridized carbons (Fsp3) is 0. The fourth-order valence-corrected chi connectivity index (χ4v) is 2.16. The van der Waals surface area contributed by atoms with Crippen LogP contribution in [0.4, 0.5) is 5.69 Å². The summed E-state index contributed by atoms with van der Waals surface area (Å²) in [5.74, 6) is 0. The number of aromatic nitrogens is 1. The van der Waals surface area contributed by atoms with Crippen LogP contribution in [0.15, 0.2) is 65.9 Å². The number of hydrogen-bond acceptors (Lipinski definition) is 3. The third kappa shape index (κ3) is 2.78. The Hall–Kier alpha value is -2.39. The number of halogens is 1. The van der Waals surface area contributed by atoms with E-state index in [0.29, 0.717) is 5.02 Å². The third-order valence-electron chi connectivity index (χ3n) is 2.88. The van der Waals surface area contributed by atoms with Crippen LogP contribution in [0.5, 0.6) is 0 Å². The summed E-state index contributed by atoms with van der Waals surface area (Å²) in [6.45, 7) is 0. The summed E-state index contributed by atoms with van der Waals surface area (Å²) in [7, 11) is 0. The van der Waals surface area contributed by atoms with E-state index >= 15 is 0 Å². The molecule has 0 bridgehead atoms. The lowest BCUT2D eigenvalue weighted by molar-refractivity contribution is 1.33. The van der Waals surface area contributed by atoms with Crippen molar-refractivity contribution in [3.8, 4) is 0 Å². The maximum Gasteiger partial charge on any atom is 0.0951 e. The van der Waals surface area contributed by atoms with Crippen molar-refractivity contribution in [1.82, 2.24) is 4.98 Å². The van der Waals surface area contributed by atoms with E-state index in [1.807, 2.05) is 54.6 Å². The van der Waals surface area contributed by atoms with Crippen molar-refractivity contribution in [3.63, 3.8) is 0 Å². The number of hydrazone groups is 1. The first-order valence-corrected chi connectivity index (χ1v) is 6.59. The molecule has 0 aliphatic carbocycles. The maximum absolute atomic E-state index is 5.93. The number of para-hydroxylation sites is 1. The second-order valence-electron chi connectivity index (χ2n) is 4.31. The van der Waals surface area contributed by atoms with Crippen molar-refractivity contribution in [2.45, 2.75) is 0 Å². The lowest BCUT2D eigenvalue weighted by Gasteiger charge is -2.04. The van der Waals surface area contributed by atoms with Gasteiger partial charge in [-0.25, -0.2) is 0 Å². The van der Waals surface area contributed by atoms with Crippen molar-refractivity contribution in [1.29, 1.82) is 0 Å². The van der Waals surface area contributed by atoms with Crippen molar-refractivity contribution in [2.24, 2.45) is 5.10 Å². The summed E-state index contributed by atoms with van der Waals surface area (Å²) in [6.07, 6.45) is 3.50. The molecular weight excluding hydrogens is 270 g/mol. The van der Waals surface area contributed by atoms with Gasteiger partial charge in [0.15, 0.2) is 0 Å². The topological polar surface area (TPSA) is 37.3 Å².